The van der Waals surface area contributed by atoms with Crippen molar-refractivity contribution in [3.8, 4) is 0 Å². The van der Waals surface area contributed by atoms with Crippen LogP contribution in [0.15, 0.2) is 29.9 Å². The minimum atomic E-state index is -3.49. The van der Waals surface area contributed by atoms with Crippen LogP contribution in [0.1, 0.15) is 5.69 Å². The first-order valence-corrected chi connectivity index (χ1v) is 9.39. The largest absolute Gasteiger partial charge is 0.356 e. The van der Waals surface area contributed by atoms with Crippen LogP contribution < -0.4 is 4.90 Å². The molecule has 2 aromatic rings. The second-order valence-electron chi connectivity index (χ2n) is 6.64. The SMILES string of the molecule is Cc1cc(N2CC3CN(S(=O)(=O)c4cn(C)cn4)CC3C2)ncn1. The van der Waals surface area contributed by atoms with Crippen LogP contribution in [0.4, 0.5) is 5.82 Å². The van der Waals surface area contributed by atoms with E-state index >= 15 is 0 Å². The van der Waals surface area contributed by atoms with Crippen molar-refractivity contribution in [2.45, 2.75) is 11.9 Å². The third kappa shape index (κ3) is 2.57. The Morgan fingerprint density at radius 3 is 2.38 bits per heavy atom. The molecule has 0 spiro atoms. The van der Waals surface area contributed by atoms with Crippen LogP contribution in [-0.4, -0.2) is 58.4 Å². The number of sulfonamides is 1. The maximum absolute atomic E-state index is 12.7. The average molecular weight is 348 g/mol. The highest BCUT2D eigenvalue weighted by Crippen LogP contribution is 2.35. The van der Waals surface area contributed by atoms with Gasteiger partial charge in [-0.25, -0.2) is 23.4 Å². The number of hydrogen-bond donors (Lipinski definition) is 0. The third-order valence-corrected chi connectivity index (χ3v) is 6.57. The molecule has 8 nitrogen and oxygen atoms in total. The zero-order valence-corrected chi connectivity index (χ0v) is 14.5. The van der Waals surface area contributed by atoms with Gasteiger partial charge in [-0.2, -0.15) is 4.31 Å². The molecule has 4 heterocycles. The fourth-order valence-corrected chi connectivity index (χ4v) is 5.12. The molecule has 0 aromatic carbocycles. The van der Waals surface area contributed by atoms with E-state index in [9.17, 15) is 8.42 Å². The number of fused-ring (bicyclic) bond motifs is 1. The standard InChI is InChI=1S/C15H20N6O2S/c1-11-3-14(17-9-16-11)20-4-12-6-21(7-13(12)5-20)24(22,23)15-8-19(2)10-18-15/h3,8-10,12-13H,4-7H2,1-2H3. The molecule has 0 radical (unpaired) electrons. The van der Waals surface area contributed by atoms with Gasteiger partial charge in [0.1, 0.15) is 12.1 Å². The van der Waals surface area contributed by atoms with Crippen LogP contribution >= 0.6 is 0 Å². The Balaban J connectivity index is 1.48. The van der Waals surface area contributed by atoms with Gasteiger partial charge >= 0.3 is 0 Å². The van der Waals surface area contributed by atoms with Crippen molar-refractivity contribution in [3.63, 3.8) is 0 Å². The van der Waals surface area contributed by atoms with Gasteiger partial charge in [0, 0.05) is 51.2 Å². The first-order valence-electron chi connectivity index (χ1n) is 7.95. The number of anilines is 1. The van der Waals surface area contributed by atoms with Gasteiger partial charge in [0.2, 0.25) is 0 Å². The van der Waals surface area contributed by atoms with Crippen LogP contribution in [0.2, 0.25) is 0 Å². The Bertz CT molecular complexity index is 850. The predicted molar refractivity (Wildman–Crippen MR) is 87.9 cm³/mol. The Kier molecular flexibility index (Phi) is 3.57. The number of nitrogens with zero attached hydrogens (tertiary/aromatic N) is 6. The average Bonchev–Trinajstić information content (AvgIpc) is 3.20. The molecule has 2 aliphatic rings. The van der Waals surface area contributed by atoms with E-state index in [1.54, 1.807) is 28.4 Å². The molecule has 2 aliphatic heterocycles. The summed E-state index contributed by atoms with van der Waals surface area (Å²) < 4.78 is 28.6. The van der Waals surface area contributed by atoms with Crippen molar-refractivity contribution in [2.75, 3.05) is 31.1 Å². The normalized spacial score (nSPS) is 24.5. The molecule has 9 heteroatoms. The number of imidazole rings is 1. The van der Waals surface area contributed by atoms with E-state index in [2.05, 4.69) is 19.9 Å². The van der Waals surface area contributed by atoms with E-state index in [4.69, 9.17) is 0 Å². The Morgan fingerprint density at radius 2 is 1.79 bits per heavy atom. The molecule has 0 aliphatic carbocycles. The predicted octanol–water partition coefficient (Wildman–Crippen LogP) is 0.275. The number of aromatic nitrogens is 4. The molecular weight excluding hydrogens is 328 g/mol. The van der Waals surface area contributed by atoms with E-state index < -0.39 is 10.0 Å². The smallest absolute Gasteiger partial charge is 0.262 e. The van der Waals surface area contributed by atoms with Gasteiger partial charge in [0.25, 0.3) is 10.0 Å². The monoisotopic (exact) mass is 348 g/mol. The molecule has 128 valence electrons. The molecule has 2 atom stereocenters. The quantitative estimate of drug-likeness (QED) is 0.792. The summed E-state index contributed by atoms with van der Waals surface area (Å²) in [6, 6.07) is 1.98. The second kappa shape index (κ2) is 5.52. The zero-order chi connectivity index (χ0) is 16.9. The molecule has 0 bridgehead atoms. The van der Waals surface area contributed by atoms with Gasteiger partial charge in [-0.1, -0.05) is 0 Å². The lowest BCUT2D eigenvalue weighted by molar-refractivity contribution is 0.451. The lowest BCUT2D eigenvalue weighted by Crippen LogP contribution is -2.33. The zero-order valence-electron chi connectivity index (χ0n) is 13.7. The van der Waals surface area contributed by atoms with Crippen molar-refractivity contribution in [1.82, 2.24) is 23.8 Å². The molecule has 2 saturated heterocycles. The summed E-state index contributed by atoms with van der Waals surface area (Å²) in [5, 5.41) is 0.133. The fraction of sp³-hybridized carbons (Fsp3) is 0.533. The van der Waals surface area contributed by atoms with Gasteiger partial charge < -0.3 is 9.47 Å². The Morgan fingerprint density at radius 1 is 1.08 bits per heavy atom. The van der Waals surface area contributed by atoms with Crippen molar-refractivity contribution < 1.29 is 8.42 Å². The highest BCUT2D eigenvalue weighted by molar-refractivity contribution is 7.89. The van der Waals surface area contributed by atoms with E-state index in [1.165, 1.54) is 6.33 Å². The van der Waals surface area contributed by atoms with Crippen LogP contribution in [0, 0.1) is 18.8 Å². The van der Waals surface area contributed by atoms with Crippen LogP contribution in [0.5, 0.6) is 0 Å². The summed E-state index contributed by atoms with van der Waals surface area (Å²) in [7, 11) is -1.72. The van der Waals surface area contributed by atoms with Gasteiger partial charge in [0.15, 0.2) is 5.03 Å². The van der Waals surface area contributed by atoms with E-state index in [1.807, 2.05) is 13.0 Å². The first kappa shape index (κ1) is 15.5. The maximum atomic E-state index is 12.7. The molecule has 2 fully saturated rings. The molecular formula is C15H20N6O2S. The number of aryl methyl sites for hydroxylation is 2. The number of rotatable bonds is 3. The van der Waals surface area contributed by atoms with Crippen molar-refractivity contribution in [1.29, 1.82) is 0 Å². The van der Waals surface area contributed by atoms with Crippen molar-refractivity contribution in [3.05, 3.63) is 30.6 Å². The van der Waals surface area contributed by atoms with Crippen molar-refractivity contribution in [2.24, 2.45) is 18.9 Å². The topological polar surface area (TPSA) is 84.2 Å². The van der Waals surface area contributed by atoms with Gasteiger partial charge in [-0.05, 0) is 18.8 Å². The van der Waals surface area contributed by atoms with E-state index in [-0.39, 0.29) is 5.03 Å². The lowest BCUT2D eigenvalue weighted by Gasteiger charge is -2.21. The molecule has 0 N–H and O–H groups in total. The summed E-state index contributed by atoms with van der Waals surface area (Å²) in [6.07, 6.45) is 4.65. The van der Waals surface area contributed by atoms with Crippen molar-refractivity contribution >= 4 is 15.8 Å². The molecule has 2 unspecified atom stereocenters. The van der Waals surface area contributed by atoms with Gasteiger partial charge in [-0.3, -0.25) is 0 Å². The van der Waals surface area contributed by atoms with Gasteiger partial charge in [0.05, 0.1) is 6.33 Å². The maximum Gasteiger partial charge on any atom is 0.262 e. The molecule has 0 amide bonds. The minimum absolute atomic E-state index is 0.133. The Hall–Kier alpha value is -2.00. The van der Waals surface area contributed by atoms with Crippen LogP contribution in [0.25, 0.3) is 0 Å². The molecule has 0 saturated carbocycles. The summed E-state index contributed by atoms with van der Waals surface area (Å²) in [5.41, 5.74) is 0.941. The molecule has 24 heavy (non-hydrogen) atoms. The van der Waals surface area contributed by atoms with Crippen LogP contribution in [0.3, 0.4) is 0 Å². The van der Waals surface area contributed by atoms with Crippen LogP contribution in [-0.2, 0) is 17.1 Å². The summed E-state index contributed by atoms with van der Waals surface area (Å²) in [4.78, 5) is 14.7. The Labute approximate surface area is 141 Å². The summed E-state index contributed by atoms with van der Waals surface area (Å²) >= 11 is 0. The lowest BCUT2D eigenvalue weighted by atomic mass is 10.0. The van der Waals surface area contributed by atoms with E-state index in [0.717, 1.165) is 24.6 Å². The molecule has 4 rings (SSSR count). The van der Waals surface area contributed by atoms with E-state index in [0.29, 0.717) is 24.9 Å². The third-order valence-electron chi connectivity index (χ3n) is 4.85. The minimum Gasteiger partial charge on any atom is -0.356 e. The fourth-order valence-electron chi connectivity index (χ4n) is 3.60. The second-order valence-corrected chi connectivity index (χ2v) is 8.53. The number of hydrogen-bond acceptors (Lipinski definition) is 6. The molecule has 2 aromatic heterocycles. The first-order chi connectivity index (χ1) is 11.4. The highest BCUT2D eigenvalue weighted by atomic mass is 32.2. The highest BCUT2D eigenvalue weighted by Gasteiger charge is 2.45. The van der Waals surface area contributed by atoms with Gasteiger partial charge in [-0.15, -0.1) is 0 Å². The summed E-state index contributed by atoms with van der Waals surface area (Å²) in [5.74, 6) is 1.59. The summed E-state index contributed by atoms with van der Waals surface area (Å²) in [6.45, 7) is 4.70.